The topological polar surface area (TPSA) is 80.5 Å². The van der Waals surface area contributed by atoms with E-state index < -0.39 is 6.10 Å². The Labute approximate surface area is 105 Å². The predicted molar refractivity (Wildman–Crippen MR) is 68.0 cm³/mol. The molecule has 0 aliphatic carbocycles. The van der Waals surface area contributed by atoms with Crippen molar-refractivity contribution in [3.05, 3.63) is 23.4 Å². The monoisotopic (exact) mass is 248 g/mol. The number of aromatic nitrogens is 1. The third kappa shape index (κ3) is 1.63. The highest BCUT2D eigenvalue weighted by atomic mass is 16.6. The summed E-state index contributed by atoms with van der Waals surface area (Å²) < 4.78 is 11.1. The van der Waals surface area contributed by atoms with Gasteiger partial charge in [0.05, 0.1) is 6.10 Å². The first-order chi connectivity index (χ1) is 8.70. The number of aryl methyl sites for hydroxylation is 1. The molecule has 1 aromatic heterocycles. The minimum atomic E-state index is -0.665. The second-order valence-corrected chi connectivity index (χ2v) is 4.46. The number of aromatic amines is 1. The number of aliphatic hydroxyl groups is 1. The molecule has 18 heavy (non-hydrogen) atoms. The van der Waals surface area contributed by atoms with Crippen molar-refractivity contribution in [1.29, 1.82) is 0 Å². The lowest BCUT2D eigenvalue weighted by Gasteiger charge is -2.18. The van der Waals surface area contributed by atoms with E-state index in [0.29, 0.717) is 13.2 Å². The van der Waals surface area contributed by atoms with Gasteiger partial charge in [-0.15, -0.1) is 0 Å². The average Bonchev–Trinajstić information content (AvgIpc) is 2.70. The number of H-pyrrole nitrogens is 1. The minimum absolute atomic E-state index is 0.197. The van der Waals surface area contributed by atoms with Crippen LogP contribution in [0.1, 0.15) is 17.4 Å². The number of rotatable bonds is 2. The fourth-order valence-corrected chi connectivity index (χ4v) is 2.43. The van der Waals surface area contributed by atoms with Crippen LogP contribution in [0.25, 0.3) is 10.9 Å². The van der Waals surface area contributed by atoms with Crippen LogP contribution in [0, 0.1) is 6.92 Å². The molecule has 1 unspecified atom stereocenters. The Hall–Kier alpha value is -1.72. The first-order valence-corrected chi connectivity index (χ1v) is 6.00. The third-order valence-electron chi connectivity index (χ3n) is 3.26. The van der Waals surface area contributed by atoms with Crippen molar-refractivity contribution in [2.45, 2.75) is 13.0 Å². The number of hydrogen-bond donors (Lipinski definition) is 3. The number of ether oxygens (including phenoxy) is 2. The van der Waals surface area contributed by atoms with Gasteiger partial charge in [-0.1, -0.05) is 0 Å². The molecule has 0 saturated carbocycles. The van der Waals surface area contributed by atoms with Crippen LogP contribution in [0.3, 0.4) is 0 Å². The Morgan fingerprint density at radius 3 is 2.67 bits per heavy atom. The zero-order chi connectivity index (χ0) is 12.7. The van der Waals surface area contributed by atoms with Crippen LogP contribution in [0.2, 0.25) is 0 Å². The van der Waals surface area contributed by atoms with Crippen LogP contribution in [0.5, 0.6) is 11.5 Å². The molecule has 2 heterocycles. The van der Waals surface area contributed by atoms with Gasteiger partial charge < -0.3 is 25.3 Å². The summed E-state index contributed by atoms with van der Waals surface area (Å²) in [5, 5.41) is 10.9. The molecule has 0 spiro atoms. The van der Waals surface area contributed by atoms with E-state index >= 15 is 0 Å². The molecule has 96 valence electrons. The van der Waals surface area contributed by atoms with Gasteiger partial charge in [-0.3, -0.25) is 0 Å². The molecule has 1 atom stereocenters. The lowest BCUT2D eigenvalue weighted by molar-refractivity contribution is 0.172. The maximum atomic E-state index is 9.98. The summed E-state index contributed by atoms with van der Waals surface area (Å²) in [6.07, 6.45) is -0.665. The van der Waals surface area contributed by atoms with Crippen molar-refractivity contribution in [2.24, 2.45) is 5.73 Å². The van der Waals surface area contributed by atoms with E-state index in [9.17, 15) is 5.11 Å². The highest BCUT2D eigenvalue weighted by molar-refractivity contribution is 5.88. The smallest absolute Gasteiger partial charge is 0.163 e. The summed E-state index contributed by atoms with van der Waals surface area (Å²) in [6, 6.07) is 3.81. The van der Waals surface area contributed by atoms with E-state index in [-0.39, 0.29) is 6.54 Å². The quantitative estimate of drug-likeness (QED) is 0.747. The summed E-state index contributed by atoms with van der Waals surface area (Å²) in [5.74, 6) is 1.46. The van der Waals surface area contributed by atoms with Crippen molar-refractivity contribution in [1.82, 2.24) is 4.98 Å². The van der Waals surface area contributed by atoms with Crippen molar-refractivity contribution in [3.8, 4) is 11.5 Å². The minimum Gasteiger partial charge on any atom is -0.486 e. The summed E-state index contributed by atoms with van der Waals surface area (Å²) >= 11 is 0. The van der Waals surface area contributed by atoms with Crippen LogP contribution in [0.15, 0.2) is 12.1 Å². The maximum Gasteiger partial charge on any atom is 0.163 e. The van der Waals surface area contributed by atoms with Crippen LogP contribution in [-0.2, 0) is 0 Å². The zero-order valence-corrected chi connectivity index (χ0v) is 10.2. The fourth-order valence-electron chi connectivity index (χ4n) is 2.43. The lowest BCUT2D eigenvalue weighted by atomic mass is 10.0. The number of fused-ring (bicyclic) bond motifs is 2. The van der Waals surface area contributed by atoms with E-state index in [0.717, 1.165) is 33.7 Å². The largest absolute Gasteiger partial charge is 0.486 e. The molecular formula is C13H16N2O3. The van der Waals surface area contributed by atoms with Gasteiger partial charge in [0.1, 0.15) is 13.2 Å². The zero-order valence-electron chi connectivity index (χ0n) is 10.2. The van der Waals surface area contributed by atoms with E-state index in [1.54, 1.807) is 0 Å². The van der Waals surface area contributed by atoms with Crippen molar-refractivity contribution < 1.29 is 14.6 Å². The van der Waals surface area contributed by atoms with E-state index in [1.807, 2.05) is 19.1 Å². The summed E-state index contributed by atoms with van der Waals surface area (Å²) in [7, 11) is 0. The molecule has 5 nitrogen and oxygen atoms in total. The van der Waals surface area contributed by atoms with Gasteiger partial charge in [-0.05, 0) is 13.0 Å². The second kappa shape index (κ2) is 4.19. The molecular weight excluding hydrogens is 232 g/mol. The Bertz CT molecular complexity index is 591. The third-order valence-corrected chi connectivity index (χ3v) is 3.26. The first-order valence-electron chi connectivity index (χ1n) is 6.00. The Kier molecular flexibility index (Phi) is 2.65. The van der Waals surface area contributed by atoms with E-state index in [4.69, 9.17) is 15.2 Å². The van der Waals surface area contributed by atoms with Gasteiger partial charge in [-0.2, -0.15) is 0 Å². The molecule has 5 heteroatoms. The highest BCUT2D eigenvalue weighted by Crippen LogP contribution is 2.38. The van der Waals surface area contributed by atoms with Crippen molar-refractivity contribution >= 4 is 10.9 Å². The van der Waals surface area contributed by atoms with Crippen LogP contribution in [-0.4, -0.2) is 29.8 Å². The number of benzene rings is 1. The molecule has 1 aliphatic rings. The van der Waals surface area contributed by atoms with Gasteiger partial charge >= 0.3 is 0 Å². The van der Waals surface area contributed by atoms with Gasteiger partial charge in [0.2, 0.25) is 0 Å². The molecule has 1 aromatic carbocycles. The molecule has 0 amide bonds. The highest BCUT2D eigenvalue weighted by Gasteiger charge is 2.19. The Morgan fingerprint density at radius 1 is 1.33 bits per heavy atom. The fraction of sp³-hybridized carbons (Fsp3) is 0.385. The second-order valence-electron chi connectivity index (χ2n) is 4.46. The molecule has 2 aromatic rings. The number of nitrogens with one attached hydrogen (secondary N) is 1. The molecule has 3 rings (SSSR count). The summed E-state index contributed by atoms with van der Waals surface area (Å²) in [4.78, 5) is 3.24. The number of aliphatic hydroxyl groups excluding tert-OH is 1. The predicted octanol–water partition coefficient (Wildman–Crippen LogP) is 1.24. The Balaban J connectivity index is 2.22. The number of hydrogen-bond acceptors (Lipinski definition) is 4. The molecule has 0 fully saturated rings. The molecule has 0 saturated heterocycles. The molecule has 0 radical (unpaired) electrons. The van der Waals surface area contributed by atoms with Gasteiger partial charge in [-0.25, -0.2) is 0 Å². The van der Waals surface area contributed by atoms with Gasteiger partial charge in [0, 0.05) is 34.8 Å². The van der Waals surface area contributed by atoms with Crippen LogP contribution < -0.4 is 15.2 Å². The van der Waals surface area contributed by atoms with E-state index in [2.05, 4.69) is 4.98 Å². The normalized spacial score (nSPS) is 15.9. The standard InChI is InChI=1S/C13H16N2O3/c1-7-13(10(16)6-14)8-4-11-12(5-9(8)15-7)18-3-2-17-11/h4-5,10,15-16H,2-3,6,14H2,1H3. The molecule has 1 aliphatic heterocycles. The molecule has 4 N–H and O–H groups in total. The lowest BCUT2D eigenvalue weighted by Crippen LogP contribution is -2.15. The van der Waals surface area contributed by atoms with Crippen molar-refractivity contribution in [3.63, 3.8) is 0 Å². The van der Waals surface area contributed by atoms with Gasteiger partial charge in [0.15, 0.2) is 11.5 Å². The van der Waals surface area contributed by atoms with Crippen LogP contribution >= 0.6 is 0 Å². The molecule has 0 bridgehead atoms. The first kappa shape index (κ1) is 11.4. The summed E-state index contributed by atoms with van der Waals surface area (Å²) in [5.41, 5.74) is 8.23. The van der Waals surface area contributed by atoms with Crippen LogP contribution in [0.4, 0.5) is 0 Å². The van der Waals surface area contributed by atoms with E-state index in [1.165, 1.54) is 0 Å². The van der Waals surface area contributed by atoms with Crippen molar-refractivity contribution in [2.75, 3.05) is 19.8 Å². The number of nitrogens with two attached hydrogens (primary N) is 1. The maximum absolute atomic E-state index is 9.98. The average molecular weight is 248 g/mol. The summed E-state index contributed by atoms with van der Waals surface area (Å²) in [6.45, 7) is 3.24. The Morgan fingerprint density at radius 2 is 2.00 bits per heavy atom. The SMILES string of the molecule is Cc1[nH]c2cc3c(cc2c1C(O)CN)OCCO3. The van der Waals surface area contributed by atoms with Gasteiger partial charge in [0.25, 0.3) is 0 Å².